The molecule has 2 aromatic rings. The molecule has 2 aromatic carbocycles. The highest BCUT2D eigenvalue weighted by Crippen LogP contribution is 2.31. The molecule has 1 aliphatic carbocycles. The molecular weight excluding hydrogens is 385 g/mol. The van der Waals surface area contributed by atoms with Crippen molar-refractivity contribution in [2.45, 2.75) is 50.2 Å². The molecular formula is C23H24FN3O3. The lowest BCUT2D eigenvalue weighted by Gasteiger charge is -2.48. The van der Waals surface area contributed by atoms with Gasteiger partial charge in [0.1, 0.15) is 11.9 Å². The summed E-state index contributed by atoms with van der Waals surface area (Å²) in [7, 11) is 0. The smallest absolute Gasteiger partial charge is 0.254 e. The van der Waals surface area contributed by atoms with Gasteiger partial charge in [-0.1, -0.05) is 31.0 Å². The minimum atomic E-state index is -0.911. The second-order valence-electron chi connectivity index (χ2n) is 7.82. The van der Waals surface area contributed by atoms with Crippen molar-refractivity contribution < 1.29 is 18.8 Å². The number of nitrogens with one attached hydrogen (secondary N) is 2. The fourth-order valence-corrected chi connectivity index (χ4v) is 4.38. The van der Waals surface area contributed by atoms with Gasteiger partial charge in [-0.05, 0) is 49.2 Å². The molecule has 1 aliphatic heterocycles. The van der Waals surface area contributed by atoms with Crippen LogP contribution in [-0.2, 0) is 9.59 Å². The monoisotopic (exact) mass is 409 g/mol. The number of amides is 3. The normalized spacial score (nSPS) is 23.3. The second kappa shape index (κ2) is 8.65. The van der Waals surface area contributed by atoms with E-state index in [-0.39, 0.29) is 36.2 Å². The molecule has 2 aliphatic rings. The summed E-state index contributed by atoms with van der Waals surface area (Å²) in [5, 5.41) is 5.79. The van der Waals surface area contributed by atoms with E-state index >= 15 is 0 Å². The van der Waals surface area contributed by atoms with Crippen molar-refractivity contribution in [3.05, 3.63) is 66.0 Å². The van der Waals surface area contributed by atoms with Crippen LogP contribution in [-0.4, -0.2) is 40.7 Å². The van der Waals surface area contributed by atoms with Crippen LogP contribution in [0, 0.1) is 5.82 Å². The molecule has 2 fully saturated rings. The SMILES string of the molecule is O=C(C[C@@H]1C(=O)N[C@@H]2CCCC[C@H]2N1C(=O)c1ccc(F)cc1)Nc1ccccc1. The fraction of sp³-hybridized carbons (Fsp3) is 0.348. The molecule has 1 saturated carbocycles. The van der Waals surface area contributed by atoms with Crippen LogP contribution in [0.15, 0.2) is 54.6 Å². The third-order valence-electron chi connectivity index (χ3n) is 5.81. The summed E-state index contributed by atoms with van der Waals surface area (Å²) in [6.07, 6.45) is 3.35. The molecule has 7 heteroatoms. The third kappa shape index (κ3) is 4.20. The maximum atomic E-state index is 13.4. The summed E-state index contributed by atoms with van der Waals surface area (Å²) in [5.74, 6) is -1.44. The van der Waals surface area contributed by atoms with Gasteiger partial charge in [0.2, 0.25) is 11.8 Å². The Morgan fingerprint density at radius 2 is 1.73 bits per heavy atom. The van der Waals surface area contributed by atoms with Crippen molar-refractivity contribution in [3.8, 4) is 0 Å². The molecule has 30 heavy (non-hydrogen) atoms. The van der Waals surface area contributed by atoms with E-state index in [0.717, 1.165) is 25.7 Å². The predicted octanol–water partition coefficient (Wildman–Crippen LogP) is 3.11. The largest absolute Gasteiger partial charge is 0.349 e. The molecule has 6 nitrogen and oxygen atoms in total. The number of piperazine rings is 1. The summed E-state index contributed by atoms with van der Waals surface area (Å²) in [6, 6.07) is 13.1. The Morgan fingerprint density at radius 3 is 2.47 bits per heavy atom. The lowest BCUT2D eigenvalue weighted by Crippen LogP contribution is -2.68. The van der Waals surface area contributed by atoms with E-state index in [2.05, 4.69) is 10.6 Å². The van der Waals surface area contributed by atoms with Gasteiger partial charge in [-0.2, -0.15) is 0 Å². The minimum absolute atomic E-state index is 0.121. The summed E-state index contributed by atoms with van der Waals surface area (Å²) < 4.78 is 13.3. The molecule has 4 rings (SSSR count). The number of nitrogens with zero attached hydrogens (tertiary/aromatic N) is 1. The first-order valence-corrected chi connectivity index (χ1v) is 10.3. The van der Waals surface area contributed by atoms with Gasteiger partial charge in [-0.3, -0.25) is 14.4 Å². The number of hydrogen-bond acceptors (Lipinski definition) is 3. The van der Waals surface area contributed by atoms with Crippen LogP contribution in [0.5, 0.6) is 0 Å². The lowest BCUT2D eigenvalue weighted by molar-refractivity contribution is -0.135. The number of fused-ring (bicyclic) bond motifs is 1. The maximum absolute atomic E-state index is 13.4. The molecule has 0 unspecified atom stereocenters. The van der Waals surface area contributed by atoms with Gasteiger partial charge in [-0.15, -0.1) is 0 Å². The van der Waals surface area contributed by atoms with Crippen LogP contribution in [0.1, 0.15) is 42.5 Å². The van der Waals surface area contributed by atoms with Crippen molar-refractivity contribution in [1.82, 2.24) is 10.2 Å². The molecule has 156 valence electrons. The summed E-state index contributed by atoms with van der Waals surface area (Å²) in [4.78, 5) is 40.5. The zero-order valence-electron chi connectivity index (χ0n) is 16.5. The highest BCUT2D eigenvalue weighted by molar-refractivity contribution is 6.01. The zero-order valence-corrected chi connectivity index (χ0v) is 16.5. The van der Waals surface area contributed by atoms with Crippen LogP contribution in [0.2, 0.25) is 0 Å². The highest BCUT2D eigenvalue weighted by atomic mass is 19.1. The molecule has 0 radical (unpaired) electrons. The minimum Gasteiger partial charge on any atom is -0.349 e. The second-order valence-corrected chi connectivity index (χ2v) is 7.82. The van der Waals surface area contributed by atoms with Crippen molar-refractivity contribution in [1.29, 1.82) is 0 Å². The van der Waals surface area contributed by atoms with Crippen molar-refractivity contribution >= 4 is 23.4 Å². The number of carbonyl (C=O) groups excluding carboxylic acids is 3. The third-order valence-corrected chi connectivity index (χ3v) is 5.81. The van der Waals surface area contributed by atoms with Crippen LogP contribution in [0.4, 0.5) is 10.1 Å². The standard InChI is InChI=1S/C23H24FN3O3/c24-16-12-10-15(11-13-16)23(30)27-19-9-5-4-8-18(19)26-22(29)20(27)14-21(28)25-17-6-2-1-3-7-17/h1-3,6-7,10-13,18-20H,4-5,8-9,14H2,(H,25,28)(H,26,29)/t18-,19-,20-/m1/s1. The molecule has 3 amide bonds. The van der Waals surface area contributed by atoms with E-state index in [9.17, 15) is 18.8 Å². The molecule has 0 spiro atoms. The van der Waals surface area contributed by atoms with Gasteiger partial charge in [-0.25, -0.2) is 4.39 Å². The summed E-state index contributed by atoms with van der Waals surface area (Å²) in [6.45, 7) is 0. The van der Waals surface area contributed by atoms with E-state index in [4.69, 9.17) is 0 Å². The van der Waals surface area contributed by atoms with Gasteiger partial charge >= 0.3 is 0 Å². The molecule has 2 N–H and O–H groups in total. The van der Waals surface area contributed by atoms with E-state index in [1.165, 1.54) is 24.3 Å². The lowest BCUT2D eigenvalue weighted by atomic mass is 9.84. The van der Waals surface area contributed by atoms with Crippen molar-refractivity contribution in [2.75, 3.05) is 5.32 Å². The molecule has 0 aromatic heterocycles. The van der Waals surface area contributed by atoms with Gasteiger partial charge in [0.15, 0.2) is 0 Å². The van der Waals surface area contributed by atoms with Gasteiger partial charge in [0.25, 0.3) is 5.91 Å². The Morgan fingerprint density at radius 1 is 1.03 bits per heavy atom. The van der Waals surface area contributed by atoms with Gasteiger partial charge in [0, 0.05) is 17.3 Å². The Hall–Kier alpha value is -3.22. The maximum Gasteiger partial charge on any atom is 0.254 e. The average Bonchev–Trinajstić information content (AvgIpc) is 2.75. The summed E-state index contributed by atoms with van der Waals surface area (Å²) >= 11 is 0. The van der Waals surface area contributed by atoms with Crippen LogP contribution in [0.3, 0.4) is 0 Å². The Bertz CT molecular complexity index is 932. The van der Waals surface area contributed by atoms with E-state index in [1.807, 2.05) is 6.07 Å². The van der Waals surface area contributed by atoms with Gasteiger partial charge in [0.05, 0.1) is 12.5 Å². The highest BCUT2D eigenvalue weighted by Gasteiger charge is 2.46. The number of benzene rings is 2. The average molecular weight is 409 g/mol. The first-order valence-electron chi connectivity index (χ1n) is 10.3. The number of halogens is 1. The Balaban J connectivity index is 1.60. The number of para-hydroxylation sites is 1. The predicted molar refractivity (Wildman–Crippen MR) is 110 cm³/mol. The number of rotatable bonds is 4. The van der Waals surface area contributed by atoms with E-state index in [0.29, 0.717) is 11.3 Å². The molecule has 0 bridgehead atoms. The Kier molecular flexibility index (Phi) is 5.79. The molecule has 1 heterocycles. The zero-order chi connectivity index (χ0) is 21.1. The quantitative estimate of drug-likeness (QED) is 0.815. The fourth-order valence-electron chi connectivity index (χ4n) is 4.38. The molecule has 3 atom stereocenters. The first kappa shape index (κ1) is 20.1. The molecule has 1 saturated heterocycles. The van der Waals surface area contributed by atoms with Crippen LogP contribution in [0.25, 0.3) is 0 Å². The van der Waals surface area contributed by atoms with Crippen LogP contribution >= 0.6 is 0 Å². The topological polar surface area (TPSA) is 78.5 Å². The number of carbonyl (C=O) groups is 3. The number of anilines is 1. The van der Waals surface area contributed by atoms with Crippen molar-refractivity contribution in [2.24, 2.45) is 0 Å². The summed E-state index contributed by atoms with van der Waals surface area (Å²) in [5.41, 5.74) is 0.939. The Labute approximate surface area is 174 Å². The van der Waals surface area contributed by atoms with Crippen LogP contribution < -0.4 is 10.6 Å². The van der Waals surface area contributed by atoms with E-state index < -0.39 is 11.9 Å². The number of hydrogen-bond donors (Lipinski definition) is 2. The van der Waals surface area contributed by atoms with Crippen molar-refractivity contribution in [3.63, 3.8) is 0 Å². The van der Waals surface area contributed by atoms with Gasteiger partial charge < -0.3 is 15.5 Å². The first-order chi connectivity index (χ1) is 14.5. The van der Waals surface area contributed by atoms with E-state index in [1.54, 1.807) is 29.2 Å².